The van der Waals surface area contributed by atoms with Crippen molar-refractivity contribution >= 4 is 6.03 Å². The molecule has 0 radical (unpaired) electrons. The van der Waals surface area contributed by atoms with Gasteiger partial charge in [0.25, 0.3) is 0 Å². The third-order valence-electron chi connectivity index (χ3n) is 5.44. The SMILES string of the molecule is C[C@H]1CCCC[C@@H]1OCCNC(=O)N1CCC(n2ccnc2)CC1. The van der Waals surface area contributed by atoms with Gasteiger partial charge in [0.05, 0.1) is 19.0 Å². The summed E-state index contributed by atoms with van der Waals surface area (Å²) in [6, 6.07) is 0.507. The molecule has 3 rings (SSSR count). The minimum atomic E-state index is 0.0411. The Kier molecular flexibility index (Phi) is 6.12. The second kappa shape index (κ2) is 8.51. The summed E-state index contributed by atoms with van der Waals surface area (Å²) in [6.45, 7) is 5.09. The van der Waals surface area contributed by atoms with Crippen molar-refractivity contribution in [3.8, 4) is 0 Å². The standard InChI is InChI=1S/C18H30N4O2/c1-15-4-2-3-5-17(15)24-13-9-20-18(23)21-10-6-16(7-11-21)22-12-8-19-14-22/h8,12,14-17H,2-7,9-11,13H2,1H3,(H,20,23)/t15-,17-/m0/s1. The van der Waals surface area contributed by atoms with Crippen LogP contribution in [-0.2, 0) is 4.74 Å². The maximum atomic E-state index is 12.2. The molecular formula is C18H30N4O2. The Balaban J connectivity index is 1.31. The maximum absolute atomic E-state index is 12.2. The molecule has 1 saturated heterocycles. The average Bonchev–Trinajstić information content (AvgIpc) is 3.15. The van der Waals surface area contributed by atoms with Crippen LogP contribution in [0.3, 0.4) is 0 Å². The Labute approximate surface area is 144 Å². The lowest BCUT2D eigenvalue weighted by Crippen LogP contribution is -2.45. The summed E-state index contributed by atoms with van der Waals surface area (Å²) in [6.07, 6.45) is 13.1. The first-order valence-corrected chi connectivity index (χ1v) is 9.36. The highest BCUT2D eigenvalue weighted by Crippen LogP contribution is 2.26. The highest BCUT2D eigenvalue weighted by atomic mass is 16.5. The first kappa shape index (κ1) is 17.3. The van der Waals surface area contributed by atoms with Gasteiger partial charge in [-0.15, -0.1) is 0 Å². The summed E-state index contributed by atoms with van der Waals surface area (Å²) < 4.78 is 8.10. The lowest BCUT2D eigenvalue weighted by molar-refractivity contribution is -0.00278. The van der Waals surface area contributed by atoms with Crippen LogP contribution in [0.5, 0.6) is 0 Å². The predicted molar refractivity (Wildman–Crippen MR) is 92.8 cm³/mol. The number of likely N-dealkylation sites (tertiary alicyclic amines) is 1. The van der Waals surface area contributed by atoms with Crippen molar-refractivity contribution in [1.29, 1.82) is 0 Å². The fourth-order valence-corrected chi connectivity index (χ4v) is 3.86. The van der Waals surface area contributed by atoms with Crippen LogP contribution in [0.1, 0.15) is 51.5 Å². The van der Waals surface area contributed by atoms with Gasteiger partial charge in [0.15, 0.2) is 0 Å². The van der Waals surface area contributed by atoms with Gasteiger partial charge >= 0.3 is 6.03 Å². The van der Waals surface area contributed by atoms with Crippen molar-refractivity contribution in [3.63, 3.8) is 0 Å². The normalized spacial score (nSPS) is 25.6. The smallest absolute Gasteiger partial charge is 0.317 e. The summed E-state index contributed by atoms with van der Waals surface area (Å²) >= 11 is 0. The van der Waals surface area contributed by atoms with Gasteiger partial charge in [-0.25, -0.2) is 9.78 Å². The van der Waals surface area contributed by atoms with Crippen LogP contribution in [0.25, 0.3) is 0 Å². The lowest BCUT2D eigenvalue weighted by atomic mass is 9.88. The molecule has 1 aromatic heterocycles. The molecular weight excluding hydrogens is 304 g/mol. The molecule has 0 aromatic carbocycles. The van der Waals surface area contributed by atoms with Gasteiger partial charge in [0, 0.05) is 38.1 Å². The molecule has 134 valence electrons. The fourth-order valence-electron chi connectivity index (χ4n) is 3.86. The van der Waals surface area contributed by atoms with E-state index in [1.54, 1.807) is 0 Å². The Bertz CT molecular complexity index is 497. The Hall–Kier alpha value is -1.56. The van der Waals surface area contributed by atoms with E-state index in [0.29, 0.717) is 31.2 Å². The molecule has 0 spiro atoms. The van der Waals surface area contributed by atoms with Crippen molar-refractivity contribution in [2.75, 3.05) is 26.2 Å². The first-order chi connectivity index (χ1) is 11.7. The molecule has 1 aromatic rings. The second-order valence-electron chi connectivity index (χ2n) is 7.13. The van der Waals surface area contributed by atoms with Crippen LogP contribution in [0.2, 0.25) is 0 Å². The van der Waals surface area contributed by atoms with Crippen LogP contribution < -0.4 is 5.32 Å². The number of urea groups is 1. The number of nitrogens with zero attached hydrogens (tertiary/aromatic N) is 3. The van der Waals surface area contributed by atoms with E-state index in [-0.39, 0.29) is 6.03 Å². The summed E-state index contributed by atoms with van der Waals surface area (Å²) in [5.41, 5.74) is 0. The first-order valence-electron chi connectivity index (χ1n) is 9.36. The van der Waals surface area contributed by atoms with Crippen LogP contribution >= 0.6 is 0 Å². The third kappa shape index (κ3) is 4.50. The molecule has 2 heterocycles. The molecule has 1 aliphatic carbocycles. The summed E-state index contributed by atoms with van der Waals surface area (Å²) in [5.74, 6) is 0.650. The molecule has 6 nitrogen and oxygen atoms in total. The van der Waals surface area contributed by atoms with Crippen molar-refractivity contribution in [3.05, 3.63) is 18.7 Å². The molecule has 2 fully saturated rings. The molecule has 2 aliphatic rings. The zero-order valence-corrected chi connectivity index (χ0v) is 14.7. The highest BCUT2D eigenvalue weighted by Gasteiger charge is 2.24. The molecule has 6 heteroatoms. The van der Waals surface area contributed by atoms with E-state index in [1.165, 1.54) is 19.3 Å². The second-order valence-corrected chi connectivity index (χ2v) is 7.13. The number of hydrogen-bond donors (Lipinski definition) is 1. The topological polar surface area (TPSA) is 59.4 Å². The Morgan fingerprint density at radius 2 is 2.04 bits per heavy atom. The van der Waals surface area contributed by atoms with Gasteiger partial charge in [-0.1, -0.05) is 19.8 Å². The van der Waals surface area contributed by atoms with E-state index in [4.69, 9.17) is 4.74 Å². The number of ether oxygens (including phenoxy) is 1. The van der Waals surface area contributed by atoms with Crippen molar-refractivity contribution in [1.82, 2.24) is 19.8 Å². The lowest BCUT2D eigenvalue weighted by Gasteiger charge is -2.32. The van der Waals surface area contributed by atoms with Crippen molar-refractivity contribution in [2.45, 2.75) is 57.6 Å². The van der Waals surface area contributed by atoms with E-state index in [1.807, 2.05) is 23.6 Å². The van der Waals surface area contributed by atoms with Gasteiger partial charge < -0.3 is 19.5 Å². The molecule has 2 amide bonds. The van der Waals surface area contributed by atoms with Crippen molar-refractivity contribution in [2.24, 2.45) is 5.92 Å². The minimum Gasteiger partial charge on any atom is -0.376 e. The number of piperidine rings is 1. The zero-order chi connectivity index (χ0) is 16.8. The Morgan fingerprint density at radius 3 is 2.75 bits per heavy atom. The third-order valence-corrected chi connectivity index (χ3v) is 5.44. The van der Waals surface area contributed by atoms with E-state index < -0.39 is 0 Å². The Morgan fingerprint density at radius 1 is 1.25 bits per heavy atom. The van der Waals surface area contributed by atoms with Gasteiger partial charge in [-0.05, 0) is 31.6 Å². The summed E-state index contributed by atoms with van der Waals surface area (Å²) in [7, 11) is 0. The van der Waals surface area contributed by atoms with Crippen LogP contribution in [0.4, 0.5) is 4.79 Å². The largest absolute Gasteiger partial charge is 0.376 e. The van der Waals surface area contributed by atoms with E-state index in [9.17, 15) is 4.79 Å². The van der Waals surface area contributed by atoms with Gasteiger partial charge in [0.2, 0.25) is 0 Å². The summed E-state index contributed by atoms with van der Waals surface area (Å²) in [4.78, 5) is 18.3. The van der Waals surface area contributed by atoms with Crippen LogP contribution in [0.15, 0.2) is 18.7 Å². The highest BCUT2D eigenvalue weighted by molar-refractivity contribution is 5.74. The number of amides is 2. The zero-order valence-electron chi connectivity index (χ0n) is 14.7. The number of rotatable bonds is 5. The monoisotopic (exact) mass is 334 g/mol. The van der Waals surface area contributed by atoms with Gasteiger partial charge in [-0.2, -0.15) is 0 Å². The molecule has 24 heavy (non-hydrogen) atoms. The summed E-state index contributed by atoms with van der Waals surface area (Å²) in [5, 5.41) is 3.00. The van der Waals surface area contributed by atoms with E-state index >= 15 is 0 Å². The van der Waals surface area contributed by atoms with Gasteiger partial charge in [-0.3, -0.25) is 0 Å². The molecule has 1 N–H and O–H groups in total. The number of hydrogen-bond acceptors (Lipinski definition) is 3. The number of carbonyl (C=O) groups excluding carboxylic acids is 1. The molecule has 1 saturated carbocycles. The number of imidazole rings is 1. The van der Waals surface area contributed by atoms with E-state index in [2.05, 4.69) is 21.8 Å². The average molecular weight is 334 g/mol. The minimum absolute atomic E-state index is 0.0411. The van der Waals surface area contributed by atoms with E-state index in [0.717, 1.165) is 32.4 Å². The fraction of sp³-hybridized carbons (Fsp3) is 0.778. The molecule has 0 bridgehead atoms. The van der Waals surface area contributed by atoms with Crippen LogP contribution in [-0.4, -0.2) is 52.8 Å². The maximum Gasteiger partial charge on any atom is 0.317 e. The number of aromatic nitrogens is 2. The quantitative estimate of drug-likeness (QED) is 0.842. The molecule has 1 aliphatic heterocycles. The predicted octanol–water partition coefficient (Wildman–Crippen LogP) is 2.82. The molecule has 2 atom stereocenters. The van der Waals surface area contributed by atoms with Crippen LogP contribution in [0, 0.1) is 5.92 Å². The molecule has 0 unspecified atom stereocenters. The van der Waals surface area contributed by atoms with Crippen molar-refractivity contribution < 1.29 is 9.53 Å². The number of carbonyl (C=O) groups is 1. The number of nitrogens with one attached hydrogen (secondary N) is 1. The van der Waals surface area contributed by atoms with Gasteiger partial charge in [0.1, 0.15) is 0 Å².